The smallest absolute Gasteiger partial charge is 0.305 e. The predicted octanol–water partition coefficient (Wildman–Crippen LogP) is 0.725. The van der Waals surface area contributed by atoms with Crippen molar-refractivity contribution in [3.05, 3.63) is 0 Å². The number of ether oxygens (including phenoxy) is 2. The lowest BCUT2D eigenvalue weighted by Gasteiger charge is -2.14. The maximum absolute atomic E-state index is 11.0. The number of esters is 1. The van der Waals surface area contributed by atoms with Gasteiger partial charge < -0.3 is 14.6 Å². The molecule has 1 aliphatic heterocycles. The zero-order valence-electron chi connectivity index (χ0n) is 8.73. The summed E-state index contributed by atoms with van der Waals surface area (Å²) in [5.74, 6) is -0.00103. The molecule has 0 unspecified atom stereocenters. The first-order chi connectivity index (χ1) is 6.67. The molecule has 1 saturated heterocycles. The molecule has 1 N–H and O–H groups in total. The number of carbonyl (C=O) groups is 1. The molecule has 4 nitrogen and oxygen atoms in total. The molecular formula is C10H18O4. The topological polar surface area (TPSA) is 55.8 Å². The monoisotopic (exact) mass is 202 g/mol. The van der Waals surface area contributed by atoms with Crippen LogP contribution in [0.1, 0.15) is 26.2 Å². The van der Waals surface area contributed by atoms with Crippen LogP contribution >= 0.6 is 0 Å². The Morgan fingerprint density at radius 1 is 1.71 bits per heavy atom. The summed E-state index contributed by atoms with van der Waals surface area (Å²) in [5, 5.41) is 9.53. The Labute approximate surface area is 84.2 Å². The van der Waals surface area contributed by atoms with Gasteiger partial charge in [0, 0.05) is 0 Å². The first-order valence-electron chi connectivity index (χ1n) is 5.03. The van der Waals surface area contributed by atoms with Crippen molar-refractivity contribution in [3.63, 3.8) is 0 Å². The largest absolute Gasteiger partial charge is 0.469 e. The molecule has 14 heavy (non-hydrogen) atoms. The minimum atomic E-state index is -0.405. The van der Waals surface area contributed by atoms with Crippen molar-refractivity contribution in [2.45, 2.75) is 38.4 Å². The summed E-state index contributed by atoms with van der Waals surface area (Å²) in [6.45, 7) is 2.47. The van der Waals surface area contributed by atoms with Crippen LogP contribution < -0.4 is 0 Å². The SMILES string of the molecule is CC[C@H](O)[C@@H]1C[C@@H](CC(=O)OC)CO1. The number of aliphatic hydroxyl groups is 1. The molecule has 0 saturated carbocycles. The molecule has 1 rings (SSSR count). The van der Waals surface area contributed by atoms with E-state index in [0.717, 1.165) is 6.42 Å². The minimum absolute atomic E-state index is 0.102. The molecule has 1 fully saturated rings. The van der Waals surface area contributed by atoms with Gasteiger partial charge in [0.1, 0.15) is 0 Å². The van der Waals surface area contributed by atoms with Crippen molar-refractivity contribution >= 4 is 5.97 Å². The van der Waals surface area contributed by atoms with E-state index in [1.165, 1.54) is 7.11 Å². The van der Waals surface area contributed by atoms with E-state index < -0.39 is 6.10 Å². The Morgan fingerprint density at radius 3 is 3.00 bits per heavy atom. The normalized spacial score (nSPS) is 28.8. The average Bonchev–Trinajstić information content (AvgIpc) is 2.65. The quantitative estimate of drug-likeness (QED) is 0.683. The van der Waals surface area contributed by atoms with Crippen molar-refractivity contribution in [2.75, 3.05) is 13.7 Å². The molecule has 0 bridgehead atoms. The first kappa shape index (κ1) is 11.5. The predicted molar refractivity (Wildman–Crippen MR) is 50.8 cm³/mol. The molecule has 82 valence electrons. The van der Waals surface area contributed by atoms with Gasteiger partial charge in [-0.15, -0.1) is 0 Å². The Bertz CT molecular complexity index is 193. The standard InChI is InChI=1S/C10H18O4/c1-3-8(11)9-4-7(6-14-9)5-10(12)13-2/h7-9,11H,3-6H2,1-2H3/t7-,8-,9-/m0/s1. The Kier molecular flexibility index (Phi) is 4.35. The molecule has 0 spiro atoms. The van der Waals surface area contributed by atoms with Gasteiger partial charge in [0.25, 0.3) is 0 Å². The summed E-state index contributed by atoms with van der Waals surface area (Å²) in [6.07, 6.45) is 1.33. The molecule has 1 aliphatic rings. The van der Waals surface area contributed by atoms with Crippen LogP contribution in [0.15, 0.2) is 0 Å². The van der Waals surface area contributed by atoms with Crippen LogP contribution in [-0.2, 0) is 14.3 Å². The number of rotatable bonds is 4. The summed E-state index contributed by atoms with van der Waals surface area (Å²) in [7, 11) is 1.39. The van der Waals surface area contributed by atoms with E-state index in [4.69, 9.17) is 4.74 Å². The number of hydrogen-bond donors (Lipinski definition) is 1. The van der Waals surface area contributed by atoms with Crippen molar-refractivity contribution in [2.24, 2.45) is 5.92 Å². The number of hydrogen-bond acceptors (Lipinski definition) is 4. The molecule has 0 aromatic rings. The lowest BCUT2D eigenvalue weighted by atomic mass is 9.99. The summed E-state index contributed by atoms with van der Waals surface area (Å²) < 4.78 is 9.98. The molecule has 4 heteroatoms. The highest BCUT2D eigenvalue weighted by Crippen LogP contribution is 2.25. The van der Waals surface area contributed by atoms with E-state index in [1.807, 2.05) is 6.92 Å². The van der Waals surface area contributed by atoms with Crippen molar-refractivity contribution < 1.29 is 19.4 Å². The van der Waals surface area contributed by atoms with Gasteiger partial charge in [-0.05, 0) is 18.8 Å². The third-order valence-electron chi connectivity index (χ3n) is 2.64. The lowest BCUT2D eigenvalue weighted by Crippen LogP contribution is -2.24. The molecule has 0 aromatic heterocycles. The van der Waals surface area contributed by atoms with E-state index in [-0.39, 0.29) is 18.0 Å². The first-order valence-corrected chi connectivity index (χ1v) is 5.03. The van der Waals surface area contributed by atoms with Gasteiger partial charge in [-0.1, -0.05) is 6.92 Å². The summed E-state index contributed by atoms with van der Waals surface area (Å²) >= 11 is 0. The third-order valence-corrected chi connectivity index (χ3v) is 2.64. The van der Waals surface area contributed by atoms with E-state index in [1.54, 1.807) is 0 Å². The fourth-order valence-electron chi connectivity index (χ4n) is 1.72. The van der Waals surface area contributed by atoms with Crippen LogP contribution in [0.2, 0.25) is 0 Å². The molecule has 1 heterocycles. The van der Waals surface area contributed by atoms with Gasteiger partial charge in [-0.25, -0.2) is 0 Å². The second kappa shape index (κ2) is 5.32. The Hall–Kier alpha value is -0.610. The second-order valence-electron chi connectivity index (χ2n) is 3.73. The maximum Gasteiger partial charge on any atom is 0.305 e. The molecule has 0 aromatic carbocycles. The highest BCUT2D eigenvalue weighted by Gasteiger charge is 2.31. The minimum Gasteiger partial charge on any atom is -0.469 e. The molecule has 0 amide bonds. The van der Waals surface area contributed by atoms with Crippen LogP contribution in [-0.4, -0.2) is 37.0 Å². The van der Waals surface area contributed by atoms with Crippen LogP contribution in [0.5, 0.6) is 0 Å². The highest BCUT2D eigenvalue weighted by molar-refractivity contribution is 5.69. The number of methoxy groups -OCH3 is 1. The van der Waals surface area contributed by atoms with Gasteiger partial charge in [0.05, 0.1) is 32.3 Å². The van der Waals surface area contributed by atoms with Crippen molar-refractivity contribution in [1.29, 1.82) is 0 Å². The zero-order chi connectivity index (χ0) is 10.6. The van der Waals surface area contributed by atoms with Gasteiger partial charge in [-0.2, -0.15) is 0 Å². The van der Waals surface area contributed by atoms with E-state index in [9.17, 15) is 9.90 Å². The Balaban J connectivity index is 2.30. The van der Waals surface area contributed by atoms with E-state index in [0.29, 0.717) is 19.4 Å². The van der Waals surface area contributed by atoms with Gasteiger partial charge in [0.15, 0.2) is 0 Å². The summed E-state index contributed by atoms with van der Waals surface area (Å²) in [6, 6.07) is 0. The summed E-state index contributed by atoms with van der Waals surface area (Å²) in [4.78, 5) is 11.0. The van der Waals surface area contributed by atoms with Gasteiger partial charge in [0.2, 0.25) is 0 Å². The van der Waals surface area contributed by atoms with Crippen LogP contribution in [0.25, 0.3) is 0 Å². The van der Waals surface area contributed by atoms with Gasteiger partial charge in [-0.3, -0.25) is 4.79 Å². The molecule has 3 atom stereocenters. The summed E-state index contributed by atoms with van der Waals surface area (Å²) in [5.41, 5.74) is 0. The average molecular weight is 202 g/mol. The molecule has 0 radical (unpaired) electrons. The molecule has 0 aliphatic carbocycles. The fraction of sp³-hybridized carbons (Fsp3) is 0.900. The van der Waals surface area contributed by atoms with E-state index >= 15 is 0 Å². The maximum atomic E-state index is 11.0. The number of aliphatic hydroxyl groups excluding tert-OH is 1. The van der Waals surface area contributed by atoms with Crippen LogP contribution in [0, 0.1) is 5.92 Å². The van der Waals surface area contributed by atoms with Crippen molar-refractivity contribution in [1.82, 2.24) is 0 Å². The lowest BCUT2D eigenvalue weighted by molar-refractivity contribution is -0.141. The van der Waals surface area contributed by atoms with Gasteiger partial charge >= 0.3 is 5.97 Å². The van der Waals surface area contributed by atoms with E-state index in [2.05, 4.69) is 4.74 Å². The molecular weight excluding hydrogens is 184 g/mol. The zero-order valence-corrected chi connectivity index (χ0v) is 8.73. The number of carbonyl (C=O) groups excluding carboxylic acids is 1. The van der Waals surface area contributed by atoms with Crippen molar-refractivity contribution in [3.8, 4) is 0 Å². The Morgan fingerprint density at radius 2 is 2.43 bits per heavy atom. The second-order valence-corrected chi connectivity index (χ2v) is 3.73. The fourth-order valence-corrected chi connectivity index (χ4v) is 1.72. The third kappa shape index (κ3) is 2.96. The van der Waals surface area contributed by atoms with Crippen LogP contribution in [0.3, 0.4) is 0 Å². The highest BCUT2D eigenvalue weighted by atomic mass is 16.5. The van der Waals surface area contributed by atoms with Crippen LogP contribution in [0.4, 0.5) is 0 Å².